The van der Waals surface area contributed by atoms with Crippen molar-refractivity contribution in [1.82, 2.24) is 5.32 Å². The summed E-state index contributed by atoms with van der Waals surface area (Å²) in [6.45, 7) is 0.803. The van der Waals surface area contributed by atoms with Gasteiger partial charge in [0.1, 0.15) is 17.4 Å². The number of benzene rings is 2. The van der Waals surface area contributed by atoms with Gasteiger partial charge < -0.3 is 10.1 Å². The van der Waals surface area contributed by atoms with E-state index in [4.69, 9.17) is 4.74 Å². The zero-order valence-corrected chi connectivity index (χ0v) is 14.4. The number of hydrogen-bond acceptors (Lipinski definition) is 2. The van der Waals surface area contributed by atoms with E-state index in [9.17, 15) is 8.78 Å². The number of methoxy groups -OCH3 is 1. The molecule has 6 heteroatoms. The van der Waals surface area contributed by atoms with Crippen LogP contribution in [0.2, 0.25) is 0 Å². The van der Waals surface area contributed by atoms with Crippen LogP contribution in [0.25, 0.3) is 0 Å². The van der Waals surface area contributed by atoms with Gasteiger partial charge in [-0.25, -0.2) is 8.78 Å². The molecule has 0 saturated heterocycles. The second kappa shape index (κ2) is 7.33. The third-order valence-corrected chi connectivity index (χ3v) is 3.98. The van der Waals surface area contributed by atoms with Gasteiger partial charge in [0.2, 0.25) is 0 Å². The third kappa shape index (κ3) is 4.25. The molecule has 0 aromatic heterocycles. The molecule has 0 saturated carbocycles. The highest BCUT2D eigenvalue weighted by Gasteiger charge is 2.10. The SMILES string of the molecule is COc1c(Br)cc(Br)cc1CNCc1ccc(F)cc1F. The number of ether oxygens (including phenoxy) is 1. The first-order valence-electron chi connectivity index (χ1n) is 6.18. The second-order valence-electron chi connectivity index (χ2n) is 4.42. The zero-order valence-electron chi connectivity index (χ0n) is 11.2. The maximum absolute atomic E-state index is 13.5. The molecule has 0 bridgehead atoms. The van der Waals surface area contributed by atoms with Gasteiger partial charge in [-0.1, -0.05) is 22.0 Å². The fourth-order valence-corrected chi connectivity index (χ4v) is 3.45. The van der Waals surface area contributed by atoms with Crippen LogP contribution in [0.1, 0.15) is 11.1 Å². The lowest BCUT2D eigenvalue weighted by molar-refractivity contribution is 0.404. The predicted molar refractivity (Wildman–Crippen MR) is 85.3 cm³/mol. The number of hydrogen-bond donors (Lipinski definition) is 1. The van der Waals surface area contributed by atoms with Gasteiger partial charge >= 0.3 is 0 Å². The van der Waals surface area contributed by atoms with Crippen LogP contribution in [0.3, 0.4) is 0 Å². The highest BCUT2D eigenvalue weighted by atomic mass is 79.9. The summed E-state index contributed by atoms with van der Waals surface area (Å²) in [7, 11) is 1.59. The zero-order chi connectivity index (χ0) is 15.4. The molecule has 2 aromatic rings. The Morgan fingerprint density at radius 1 is 1.05 bits per heavy atom. The Labute approximate surface area is 138 Å². The van der Waals surface area contributed by atoms with Crippen LogP contribution in [0, 0.1) is 11.6 Å². The molecule has 21 heavy (non-hydrogen) atoms. The van der Waals surface area contributed by atoms with Gasteiger partial charge in [0.15, 0.2) is 0 Å². The first kappa shape index (κ1) is 16.4. The monoisotopic (exact) mass is 419 g/mol. The largest absolute Gasteiger partial charge is 0.495 e. The van der Waals surface area contributed by atoms with Crippen molar-refractivity contribution in [2.45, 2.75) is 13.1 Å². The lowest BCUT2D eigenvalue weighted by Crippen LogP contribution is -2.14. The van der Waals surface area contributed by atoms with E-state index < -0.39 is 11.6 Å². The Hall–Kier alpha value is -0.980. The minimum Gasteiger partial charge on any atom is -0.495 e. The summed E-state index contributed by atoms with van der Waals surface area (Å²) in [5.74, 6) is -0.399. The van der Waals surface area contributed by atoms with Gasteiger partial charge in [-0.05, 0) is 34.1 Å². The van der Waals surface area contributed by atoms with E-state index >= 15 is 0 Å². The van der Waals surface area contributed by atoms with Gasteiger partial charge in [0.25, 0.3) is 0 Å². The van der Waals surface area contributed by atoms with Crippen LogP contribution in [-0.2, 0) is 13.1 Å². The van der Waals surface area contributed by atoms with Crippen molar-refractivity contribution in [3.05, 3.63) is 62.0 Å². The summed E-state index contributed by atoms with van der Waals surface area (Å²) in [5, 5.41) is 3.12. The van der Waals surface area contributed by atoms with E-state index in [0.29, 0.717) is 18.7 Å². The van der Waals surface area contributed by atoms with E-state index in [-0.39, 0.29) is 0 Å². The maximum atomic E-state index is 13.5. The molecule has 0 heterocycles. The molecule has 0 fully saturated rings. The van der Waals surface area contributed by atoms with Crippen molar-refractivity contribution in [2.75, 3.05) is 7.11 Å². The molecule has 0 atom stereocenters. The van der Waals surface area contributed by atoms with E-state index in [1.807, 2.05) is 12.1 Å². The van der Waals surface area contributed by atoms with E-state index in [2.05, 4.69) is 37.2 Å². The predicted octanol–water partition coefficient (Wildman–Crippen LogP) is 4.79. The van der Waals surface area contributed by atoms with Gasteiger partial charge in [-0.15, -0.1) is 0 Å². The first-order chi connectivity index (χ1) is 10.0. The Morgan fingerprint density at radius 2 is 1.76 bits per heavy atom. The molecule has 1 N–H and O–H groups in total. The summed E-state index contributed by atoms with van der Waals surface area (Å²) >= 11 is 6.85. The molecule has 0 amide bonds. The van der Waals surface area contributed by atoms with Crippen LogP contribution in [0.5, 0.6) is 5.75 Å². The summed E-state index contributed by atoms with van der Waals surface area (Å²) in [5.41, 5.74) is 1.35. The minimum atomic E-state index is -0.575. The quantitative estimate of drug-likeness (QED) is 0.750. The molecule has 0 spiro atoms. The van der Waals surface area contributed by atoms with Gasteiger partial charge in [0.05, 0.1) is 11.6 Å². The fraction of sp³-hybridized carbons (Fsp3) is 0.200. The molecule has 0 aliphatic rings. The Bertz CT molecular complexity index is 650. The normalized spacial score (nSPS) is 10.7. The average molecular weight is 421 g/mol. The molecule has 2 rings (SSSR count). The van der Waals surface area contributed by atoms with Crippen molar-refractivity contribution in [2.24, 2.45) is 0 Å². The summed E-state index contributed by atoms with van der Waals surface area (Å²) < 4.78 is 33.5. The fourth-order valence-electron chi connectivity index (χ4n) is 1.97. The maximum Gasteiger partial charge on any atom is 0.137 e. The second-order valence-corrected chi connectivity index (χ2v) is 6.19. The Kier molecular flexibility index (Phi) is 5.72. The van der Waals surface area contributed by atoms with Gasteiger partial charge in [-0.2, -0.15) is 0 Å². The van der Waals surface area contributed by atoms with Crippen LogP contribution in [0.15, 0.2) is 39.3 Å². The summed E-state index contributed by atoms with van der Waals surface area (Å²) in [4.78, 5) is 0. The standard InChI is InChI=1S/C15H13Br2F2NO/c1-21-15-10(4-11(16)5-13(15)17)8-20-7-9-2-3-12(18)6-14(9)19/h2-6,20H,7-8H2,1H3. The van der Waals surface area contributed by atoms with Gasteiger partial charge in [0, 0.05) is 34.8 Å². The molecule has 0 unspecified atom stereocenters. The number of halogens is 4. The molecular formula is C15H13Br2F2NO. The smallest absolute Gasteiger partial charge is 0.137 e. The number of nitrogens with one attached hydrogen (secondary N) is 1. The third-order valence-electron chi connectivity index (χ3n) is 2.94. The Morgan fingerprint density at radius 3 is 2.43 bits per heavy atom. The van der Waals surface area contributed by atoms with E-state index in [0.717, 1.165) is 26.3 Å². The lowest BCUT2D eigenvalue weighted by atomic mass is 10.1. The van der Waals surface area contributed by atoms with Crippen LogP contribution in [-0.4, -0.2) is 7.11 Å². The van der Waals surface area contributed by atoms with Crippen molar-refractivity contribution in [3.8, 4) is 5.75 Å². The van der Waals surface area contributed by atoms with Crippen molar-refractivity contribution < 1.29 is 13.5 Å². The Balaban J connectivity index is 2.06. The van der Waals surface area contributed by atoms with Crippen molar-refractivity contribution in [3.63, 3.8) is 0 Å². The van der Waals surface area contributed by atoms with Crippen LogP contribution in [0.4, 0.5) is 8.78 Å². The van der Waals surface area contributed by atoms with Crippen LogP contribution < -0.4 is 10.1 Å². The summed E-state index contributed by atoms with van der Waals surface area (Å²) in [6, 6.07) is 7.38. The molecule has 112 valence electrons. The van der Waals surface area contributed by atoms with Crippen LogP contribution >= 0.6 is 31.9 Å². The van der Waals surface area contributed by atoms with Crippen molar-refractivity contribution in [1.29, 1.82) is 0 Å². The first-order valence-corrected chi connectivity index (χ1v) is 7.76. The topological polar surface area (TPSA) is 21.3 Å². The molecular weight excluding hydrogens is 408 g/mol. The molecule has 0 radical (unpaired) electrons. The van der Waals surface area contributed by atoms with E-state index in [1.54, 1.807) is 7.11 Å². The average Bonchev–Trinajstić information content (AvgIpc) is 2.41. The number of rotatable bonds is 5. The molecule has 0 aliphatic carbocycles. The lowest BCUT2D eigenvalue weighted by Gasteiger charge is -2.12. The van der Waals surface area contributed by atoms with Gasteiger partial charge in [-0.3, -0.25) is 0 Å². The highest BCUT2D eigenvalue weighted by molar-refractivity contribution is 9.11. The minimum absolute atomic E-state index is 0.305. The molecule has 2 nitrogen and oxygen atoms in total. The highest BCUT2D eigenvalue weighted by Crippen LogP contribution is 2.32. The molecule has 2 aromatic carbocycles. The van der Waals surface area contributed by atoms with Crippen molar-refractivity contribution >= 4 is 31.9 Å². The molecule has 0 aliphatic heterocycles. The van der Waals surface area contributed by atoms with E-state index in [1.165, 1.54) is 12.1 Å². The summed E-state index contributed by atoms with van der Waals surface area (Å²) in [6.07, 6.45) is 0.